The quantitative estimate of drug-likeness (QED) is 0.0762. The Morgan fingerprint density at radius 1 is 0.579 bits per heavy atom. The number of fused-ring (bicyclic) bond motifs is 2. The van der Waals surface area contributed by atoms with E-state index >= 15 is 0 Å². The van der Waals surface area contributed by atoms with Gasteiger partial charge in [0.2, 0.25) is 0 Å². The molecule has 0 saturated carbocycles. The monoisotopic (exact) mass is 790 g/mol. The fraction of sp³-hybridized carbons (Fsp3) is 0.375. The minimum absolute atomic E-state index is 0.0465. The highest BCUT2D eigenvalue weighted by Gasteiger charge is 2.36. The highest BCUT2D eigenvalue weighted by Crippen LogP contribution is 2.36. The van der Waals surface area contributed by atoms with Gasteiger partial charge in [-0.25, -0.2) is 0 Å². The van der Waals surface area contributed by atoms with Gasteiger partial charge in [0.1, 0.15) is 24.4 Å². The van der Waals surface area contributed by atoms with Gasteiger partial charge in [0.05, 0.1) is 21.9 Å². The number of hydrogen-bond acceptors (Lipinski definition) is 8. The fourth-order valence-corrected chi connectivity index (χ4v) is 7.11. The molecule has 0 aliphatic carbocycles. The molecule has 0 saturated heterocycles. The number of para-hydroxylation sites is 2. The Hall–Kier alpha value is -4.96. The summed E-state index contributed by atoms with van der Waals surface area (Å²) in [5.74, 6) is 0.565. The summed E-state index contributed by atoms with van der Waals surface area (Å²) in [6.45, 7) is 16.7. The molecule has 0 atom stereocenters. The molecule has 2 aromatic heterocycles. The number of aliphatic hydroxyl groups is 1. The normalized spacial score (nSPS) is 11.7. The third-order valence-corrected chi connectivity index (χ3v) is 15.3. The van der Waals surface area contributed by atoms with Crippen molar-refractivity contribution in [1.29, 1.82) is 0 Å². The molecule has 0 amide bonds. The van der Waals surface area contributed by atoms with Crippen LogP contribution in [0.1, 0.15) is 79.8 Å². The van der Waals surface area contributed by atoms with Gasteiger partial charge in [0, 0.05) is 13.2 Å². The zero-order chi connectivity index (χ0) is 41.0. The number of benzene rings is 4. The maximum absolute atomic E-state index is 12.5. The van der Waals surface area contributed by atoms with Crippen LogP contribution in [0.3, 0.4) is 0 Å². The van der Waals surface area contributed by atoms with E-state index in [9.17, 15) is 9.59 Å². The number of aliphatic hydroxyl groups excluding tert-OH is 1. The van der Waals surface area contributed by atoms with Crippen molar-refractivity contribution in [3.05, 3.63) is 151 Å². The topological polar surface area (TPSA) is 108 Å². The molecule has 4 aromatic carbocycles. The predicted molar refractivity (Wildman–Crippen MR) is 232 cm³/mol. The summed E-state index contributed by atoms with van der Waals surface area (Å²) < 4.78 is 29.4. The number of unbranched alkanes of at least 4 members (excludes halogenated alkanes) is 2. The molecule has 0 radical (unpaired) electrons. The molecule has 2 heterocycles. The van der Waals surface area contributed by atoms with Gasteiger partial charge in [-0.1, -0.05) is 93.6 Å². The van der Waals surface area contributed by atoms with Crippen LogP contribution >= 0.6 is 0 Å². The zero-order valence-corrected chi connectivity index (χ0v) is 35.6. The van der Waals surface area contributed by atoms with Crippen LogP contribution in [0.5, 0.6) is 11.9 Å². The summed E-state index contributed by atoms with van der Waals surface area (Å²) in [7, 11) is -1.64. The van der Waals surface area contributed by atoms with Crippen LogP contribution in [0.15, 0.2) is 115 Å². The van der Waals surface area contributed by atoms with Gasteiger partial charge in [-0.15, -0.1) is 0 Å². The van der Waals surface area contributed by atoms with Gasteiger partial charge in [-0.05, 0) is 117 Å². The van der Waals surface area contributed by atoms with Gasteiger partial charge in [0.25, 0.3) is 11.9 Å². The molecule has 8 nitrogen and oxygen atoms in total. The van der Waals surface area contributed by atoms with Crippen LogP contribution in [0.4, 0.5) is 0 Å². The second-order valence-corrected chi connectivity index (χ2v) is 20.9. The van der Waals surface area contributed by atoms with E-state index in [0.29, 0.717) is 52.2 Å². The molecule has 0 bridgehead atoms. The molecule has 0 aliphatic rings. The van der Waals surface area contributed by atoms with Crippen molar-refractivity contribution < 1.29 is 27.8 Å². The Morgan fingerprint density at radius 3 is 1.40 bits per heavy atom. The maximum atomic E-state index is 12.5. The summed E-state index contributed by atoms with van der Waals surface area (Å²) in [5.41, 5.74) is 6.58. The summed E-state index contributed by atoms with van der Waals surface area (Å²) in [6.07, 6.45) is 6.00. The Morgan fingerprint density at radius 2 is 0.982 bits per heavy atom. The van der Waals surface area contributed by atoms with Crippen LogP contribution in [0, 0.1) is 13.8 Å². The minimum atomic E-state index is -1.64. The smallest absolute Gasteiger partial charge is 0.292 e. The lowest BCUT2D eigenvalue weighted by atomic mass is 10.1. The first-order valence-electron chi connectivity index (χ1n) is 20.0. The van der Waals surface area contributed by atoms with Crippen molar-refractivity contribution in [2.75, 3.05) is 13.2 Å². The van der Waals surface area contributed by atoms with Crippen LogP contribution in [-0.2, 0) is 30.5 Å². The van der Waals surface area contributed by atoms with E-state index in [1.165, 1.54) is 11.1 Å². The van der Waals surface area contributed by atoms with E-state index in [2.05, 4.69) is 70.3 Å². The van der Waals surface area contributed by atoms with E-state index in [1.54, 1.807) is 38.1 Å². The van der Waals surface area contributed by atoms with Crippen molar-refractivity contribution >= 4 is 30.3 Å². The van der Waals surface area contributed by atoms with E-state index in [4.69, 9.17) is 27.8 Å². The summed E-state index contributed by atoms with van der Waals surface area (Å²) in [5, 5.41) is 10.2. The maximum Gasteiger partial charge on any atom is 0.292 e. The van der Waals surface area contributed by atoms with E-state index in [1.807, 2.05) is 36.4 Å². The number of hydrogen-bond donors (Lipinski definition) is 1. The van der Waals surface area contributed by atoms with Crippen molar-refractivity contribution in [2.45, 2.75) is 104 Å². The third kappa shape index (κ3) is 11.8. The molecular weight excluding hydrogens is 733 g/mol. The second kappa shape index (κ2) is 19.9. The molecular formula is C48H58O8Si. The third-order valence-electron chi connectivity index (χ3n) is 10.8. The minimum Gasteiger partial charge on any atom is -0.460 e. The predicted octanol–water partition coefficient (Wildman–Crippen LogP) is 11.0. The number of aryl methyl sites for hydroxylation is 2. The first-order chi connectivity index (χ1) is 27.3. The van der Waals surface area contributed by atoms with Crippen LogP contribution in [0.25, 0.3) is 21.9 Å². The Kier molecular flexibility index (Phi) is 15.1. The van der Waals surface area contributed by atoms with Crippen LogP contribution in [0.2, 0.25) is 18.1 Å². The van der Waals surface area contributed by atoms with Crippen molar-refractivity contribution in [1.82, 2.24) is 0 Å². The Bertz CT molecular complexity index is 2320. The SMILES string of the molecule is Cc1c(OCc2ccc(CCCCO)cc2)oc2ccccc2c1=O.Cc1c(OCc2ccc(CCCCO[Si](C)(C)C(C)(C)C)cc2)oc2ccccc2c1=O. The van der Waals surface area contributed by atoms with E-state index in [0.717, 1.165) is 56.3 Å². The van der Waals surface area contributed by atoms with Crippen LogP contribution < -0.4 is 20.3 Å². The summed E-state index contributed by atoms with van der Waals surface area (Å²) in [6, 6.07) is 31.1. The van der Waals surface area contributed by atoms with Gasteiger partial charge >= 0.3 is 0 Å². The van der Waals surface area contributed by atoms with Gasteiger partial charge in [-0.2, -0.15) is 0 Å². The van der Waals surface area contributed by atoms with Gasteiger partial charge < -0.3 is 27.8 Å². The molecule has 0 unspecified atom stereocenters. The lowest BCUT2D eigenvalue weighted by Gasteiger charge is -2.36. The summed E-state index contributed by atoms with van der Waals surface area (Å²) in [4.78, 5) is 24.9. The standard InChI is InChI=1S/C27H36O4Si.C21H22O4/c1-20-25(28)23-12-7-8-13-24(23)31-26(20)29-19-22-16-14-21(15-17-22)11-9-10-18-30-32(5,6)27(2,3)4;1-15-20(23)18-7-2-3-8-19(18)25-21(15)24-14-17-11-9-16(10-12-17)6-4-5-13-22/h7-8,12-17H,9-11,18-19H2,1-6H3;2-3,7-12,22H,4-6,13-14H2,1H3. The zero-order valence-electron chi connectivity index (χ0n) is 34.6. The first kappa shape index (κ1) is 43.2. The molecule has 6 rings (SSSR count). The lowest BCUT2D eigenvalue weighted by molar-refractivity contribution is 0.232. The highest BCUT2D eigenvalue weighted by atomic mass is 28.4. The fourth-order valence-electron chi connectivity index (χ4n) is 6.02. The second-order valence-electron chi connectivity index (χ2n) is 16.1. The number of rotatable bonds is 16. The largest absolute Gasteiger partial charge is 0.460 e. The molecule has 57 heavy (non-hydrogen) atoms. The van der Waals surface area contributed by atoms with Crippen molar-refractivity contribution in [3.8, 4) is 11.9 Å². The average molecular weight is 791 g/mol. The molecule has 9 heteroatoms. The van der Waals surface area contributed by atoms with Crippen molar-refractivity contribution in [2.24, 2.45) is 0 Å². The highest BCUT2D eigenvalue weighted by molar-refractivity contribution is 6.74. The number of ether oxygens (including phenoxy) is 2. The molecule has 302 valence electrons. The Balaban J connectivity index is 0.000000224. The van der Waals surface area contributed by atoms with Crippen LogP contribution in [-0.4, -0.2) is 26.6 Å². The van der Waals surface area contributed by atoms with E-state index < -0.39 is 8.32 Å². The molecule has 1 N–H and O–H groups in total. The van der Waals surface area contributed by atoms with Gasteiger partial charge in [-0.3, -0.25) is 9.59 Å². The van der Waals surface area contributed by atoms with Gasteiger partial charge in [0.15, 0.2) is 19.2 Å². The molecule has 0 fully saturated rings. The summed E-state index contributed by atoms with van der Waals surface area (Å²) >= 11 is 0. The molecule has 0 aliphatic heterocycles. The Labute approximate surface area is 337 Å². The molecule has 0 spiro atoms. The molecule has 6 aromatic rings. The lowest BCUT2D eigenvalue weighted by Crippen LogP contribution is -2.40. The first-order valence-corrected chi connectivity index (χ1v) is 22.9. The van der Waals surface area contributed by atoms with E-state index in [-0.39, 0.29) is 28.4 Å². The average Bonchev–Trinajstić information content (AvgIpc) is 3.20. The van der Waals surface area contributed by atoms with Crippen molar-refractivity contribution in [3.63, 3.8) is 0 Å².